The van der Waals surface area contributed by atoms with Crippen molar-refractivity contribution in [1.29, 1.82) is 0 Å². The molecule has 1 fully saturated rings. The Hall–Kier alpha value is -2.64. The van der Waals surface area contributed by atoms with Crippen molar-refractivity contribution in [3.05, 3.63) is 39.5 Å². The number of aromatic nitrogens is 3. The van der Waals surface area contributed by atoms with Gasteiger partial charge in [0.15, 0.2) is 0 Å². The Balaban J connectivity index is 1.64. The molecule has 1 saturated heterocycles. The van der Waals surface area contributed by atoms with Crippen molar-refractivity contribution in [2.24, 2.45) is 7.05 Å². The topological polar surface area (TPSA) is 93.3 Å². The van der Waals surface area contributed by atoms with Crippen molar-refractivity contribution >= 4 is 11.7 Å². The Morgan fingerprint density at radius 2 is 2.15 bits per heavy atom. The molecular formula is C18H25N5O3. The summed E-state index contributed by atoms with van der Waals surface area (Å²) >= 11 is 0. The molecule has 0 saturated carbocycles. The SMILES string of the molecule is Cc1noc(C)c1CC(=O)NCC1CCCCN1c1ccc(=O)n(C)n1. The second-order valence-corrected chi connectivity index (χ2v) is 6.78. The molecule has 8 heteroatoms. The van der Waals surface area contributed by atoms with Gasteiger partial charge in [0, 0.05) is 37.8 Å². The van der Waals surface area contributed by atoms with Crippen LogP contribution in [0.2, 0.25) is 0 Å². The fourth-order valence-electron chi connectivity index (χ4n) is 3.37. The lowest BCUT2D eigenvalue weighted by atomic mass is 10.0. The number of anilines is 1. The lowest BCUT2D eigenvalue weighted by molar-refractivity contribution is -0.120. The molecule has 1 aliphatic heterocycles. The number of hydrogen-bond donors (Lipinski definition) is 1. The van der Waals surface area contributed by atoms with Crippen LogP contribution in [0.4, 0.5) is 5.82 Å². The maximum absolute atomic E-state index is 12.3. The Morgan fingerprint density at radius 3 is 2.85 bits per heavy atom. The molecule has 1 aliphatic rings. The molecule has 0 aromatic carbocycles. The van der Waals surface area contributed by atoms with Crippen molar-refractivity contribution in [3.8, 4) is 0 Å². The van der Waals surface area contributed by atoms with Crippen molar-refractivity contribution in [3.63, 3.8) is 0 Å². The first-order chi connectivity index (χ1) is 12.5. The molecule has 1 unspecified atom stereocenters. The lowest BCUT2D eigenvalue weighted by Crippen LogP contribution is -2.48. The summed E-state index contributed by atoms with van der Waals surface area (Å²) in [6.45, 7) is 5.08. The molecule has 3 heterocycles. The summed E-state index contributed by atoms with van der Waals surface area (Å²) in [5.41, 5.74) is 1.48. The standard InChI is InChI=1S/C18H25N5O3/c1-12-15(13(2)26-21-12)10-17(24)19-11-14-6-4-5-9-23(14)16-7-8-18(25)22(3)20-16/h7-8,14H,4-6,9-11H2,1-3H3,(H,19,24). The summed E-state index contributed by atoms with van der Waals surface area (Å²) in [5.74, 6) is 1.42. The van der Waals surface area contributed by atoms with Crippen LogP contribution in [0.5, 0.6) is 0 Å². The van der Waals surface area contributed by atoms with Gasteiger partial charge in [-0.1, -0.05) is 5.16 Å². The molecule has 0 spiro atoms. The first-order valence-corrected chi connectivity index (χ1v) is 8.95. The zero-order valence-corrected chi connectivity index (χ0v) is 15.5. The first-order valence-electron chi connectivity index (χ1n) is 8.95. The first kappa shape index (κ1) is 18.2. The normalized spacial score (nSPS) is 17.3. The smallest absolute Gasteiger partial charge is 0.266 e. The third-order valence-electron chi connectivity index (χ3n) is 4.92. The highest BCUT2D eigenvalue weighted by Crippen LogP contribution is 2.22. The number of amides is 1. The summed E-state index contributed by atoms with van der Waals surface area (Å²) < 4.78 is 6.46. The molecule has 2 aromatic heterocycles. The van der Waals surface area contributed by atoms with Crippen LogP contribution in [0.25, 0.3) is 0 Å². The fourth-order valence-corrected chi connectivity index (χ4v) is 3.37. The quantitative estimate of drug-likeness (QED) is 0.859. The summed E-state index contributed by atoms with van der Waals surface area (Å²) in [5, 5.41) is 11.3. The van der Waals surface area contributed by atoms with E-state index in [1.807, 2.05) is 13.8 Å². The van der Waals surface area contributed by atoms with E-state index in [-0.39, 0.29) is 23.9 Å². The van der Waals surface area contributed by atoms with E-state index in [2.05, 4.69) is 20.5 Å². The van der Waals surface area contributed by atoms with Gasteiger partial charge in [0.05, 0.1) is 12.1 Å². The van der Waals surface area contributed by atoms with E-state index in [9.17, 15) is 9.59 Å². The van der Waals surface area contributed by atoms with Crippen molar-refractivity contribution in [1.82, 2.24) is 20.3 Å². The largest absolute Gasteiger partial charge is 0.361 e. The minimum atomic E-state index is -0.130. The number of carbonyl (C=O) groups is 1. The highest BCUT2D eigenvalue weighted by molar-refractivity contribution is 5.79. The molecule has 26 heavy (non-hydrogen) atoms. The van der Waals surface area contributed by atoms with Crippen LogP contribution in [-0.2, 0) is 18.3 Å². The predicted octanol–water partition coefficient (Wildman–Crippen LogP) is 1.10. The van der Waals surface area contributed by atoms with Crippen LogP contribution >= 0.6 is 0 Å². The maximum Gasteiger partial charge on any atom is 0.266 e. The number of hydrogen-bond acceptors (Lipinski definition) is 6. The lowest BCUT2D eigenvalue weighted by Gasteiger charge is -2.36. The minimum absolute atomic E-state index is 0.0432. The van der Waals surface area contributed by atoms with Crippen LogP contribution in [0.3, 0.4) is 0 Å². The highest BCUT2D eigenvalue weighted by atomic mass is 16.5. The zero-order valence-electron chi connectivity index (χ0n) is 15.5. The minimum Gasteiger partial charge on any atom is -0.361 e. The van der Waals surface area contributed by atoms with Gasteiger partial charge in [-0.25, -0.2) is 4.68 Å². The van der Waals surface area contributed by atoms with Gasteiger partial charge in [-0.05, 0) is 39.2 Å². The van der Waals surface area contributed by atoms with Crippen LogP contribution in [0.1, 0.15) is 36.3 Å². The average Bonchev–Trinajstić information content (AvgIpc) is 2.94. The molecule has 8 nitrogen and oxygen atoms in total. The molecule has 1 amide bonds. The maximum atomic E-state index is 12.3. The third kappa shape index (κ3) is 3.95. The number of piperidine rings is 1. The number of aryl methyl sites for hydroxylation is 3. The Morgan fingerprint density at radius 1 is 1.35 bits per heavy atom. The number of nitrogens with one attached hydrogen (secondary N) is 1. The molecule has 0 radical (unpaired) electrons. The van der Waals surface area contributed by atoms with Crippen LogP contribution in [0, 0.1) is 13.8 Å². The summed E-state index contributed by atoms with van der Waals surface area (Å²) in [6, 6.07) is 3.46. The van der Waals surface area contributed by atoms with E-state index in [1.54, 1.807) is 13.1 Å². The molecule has 0 aliphatic carbocycles. The average molecular weight is 359 g/mol. The van der Waals surface area contributed by atoms with Gasteiger partial charge >= 0.3 is 0 Å². The van der Waals surface area contributed by atoms with Gasteiger partial charge in [-0.2, -0.15) is 5.10 Å². The van der Waals surface area contributed by atoms with Crippen molar-refractivity contribution in [2.45, 2.75) is 45.6 Å². The van der Waals surface area contributed by atoms with E-state index >= 15 is 0 Å². The summed E-state index contributed by atoms with van der Waals surface area (Å²) in [7, 11) is 1.65. The predicted molar refractivity (Wildman–Crippen MR) is 97.2 cm³/mol. The van der Waals surface area contributed by atoms with Gasteiger partial charge in [0.1, 0.15) is 11.6 Å². The molecular weight excluding hydrogens is 334 g/mol. The third-order valence-corrected chi connectivity index (χ3v) is 4.92. The van der Waals surface area contributed by atoms with E-state index in [4.69, 9.17) is 4.52 Å². The monoisotopic (exact) mass is 359 g/mol. The number of rotatable bonds is 5. The van der Waals surface area contributed by atoms with Gasteiger partial charge < -0.3 is 14.7 Å². The van der Waals surface area contributed by atoms with Gasteiger partial charge in [-0.15, -0.1) is 0 Å². The van der Waals surface area contributed by atoms with Gasteiger partial charge in [0.2, 0.25) is 5.91 Å². The molecule has 2 aromatic rings. The van der Waals surface area contributed by atoms with Crippen molar-refractivity contribution in [2.75, 3.05) is 18.0 Å². The highest BCUT2D eigenvalue weighted by Gasteiger charge is 2.25. The Kier molecular flexibility index (Phi) is 5.39. The van der Waals surface area contributed by atoms with E-state index in [0.717, 1.165) is 42.9 Å². The number of nitrogens with zero attached hydrogens (tertiary/aromatic N) is 4. The molecule has 1 atom stereocenters. The van der Waals surface area contributed by atoms with Crippen LogP contribution in [0.15, 0.2) is 21.5 Å². The number of carbonyl (C=O) groups excluding carboxylic acids is 1. The fraction of sp³-hybridized carbons (Fsp3) is 0.556. The summed E-state index contributed by atoms with van der Waals surface area (Å²) in [4.78, 5) is 26.1. The molecule has 1 N–H and O–H groups in total. The van der Waals surface area contributed by atoms with Gasteiger partial charge in [0.25, 0.3) is 5.56 Å². The molecule has 0 bridgehead atoms. The van der Waals surface area contributed by atoms with Crippen LogP contribution < -0.4 is 15.8 Å². The van der Waals surface area contributed by atoms with Crippen molar-refractivity contribution < 1.29 is 9.32 Å². The Bertz CT molecular complexity index is 822. The Labute approximate surface area is 152 Å². The van der Waals surface area contributed by atoms with E-state index in [0.29, 0.717) is 12.3 Å². The van der Waals surface area contributed by atoms with E-state index in [1.165, 1.54) is 10.7 Å². The second-order valence-electron chi connectivity index (χ2n) is 6.78. The van der Waals surface area contributed by atoms with Gasteiger partial charge in [-0.3, -0.25) is 9.59 Å². The second kappa shape index (κ2) is 7.72. The summed E-state index contributed by atoms with van der Waals surface area (Å²) in [6.07, 6.45) is 3.45. The van der Waals surface area contributed by atoms with E-state index < -0.39 is 0 Å². The molecule has 3 rings (SSSR count). The molecule has 140 valence electrons. The van der Waals surface area contributed by atoms with Crippen LogP contribution in [-0.4, -0.2) is 40.0 Å². The zero-order chi connectivity index (χ0) is 18.7.